The highest BCUT2D eigenvalue weighted by atomic mass is 35.5. The van der Waals surface area contributed by atoms with Crippen LogP contribution >= 0.6 is 11.6 Å². The maximum Gasteiger partial charge on any atom is 0.124 e. The van der Waals surface area contributed by atoms with E-state index in [1.807, 2.05) is 36.4 Å². The number of nitriles is 1. The van der Waals surface area contributed by atoms with E-state index >= 15 is 0 Å². The Morgan fingerprint density at radius 1 is 1.29 bits per heavy atom. The van der Waals surface area contributed by atoms with Crippen molar-refractivity contribution >= 4 is 17.3 Å². The monoisotopic (exact) mass is 298 g/mol. The van der Waals surface area contributed by atoms with Crippen molar-refractivity contribution in [3.8, 4) is 11.8 Å². The van der Waals surface area contributed by atoms with E-state index in [4.69, 9.17) is 21.6 Å². The molecule has 0 aromatic heterocycles. The molecule has 0 aliphatic rings. The van der Waals surface area contributed by atoms with Gasteiger partial charge in [-0.15, -0.1) is 0 Å². The lowest BCUT2D eigenvalue weighted by Crippen LogP contribution is -2.03. The maximum absolute atomic E-state index is 8.86. The van der Waals surface area contributed by atoms with Crippen molar-refractivity contribution in [2.45, 2.75) is 6.54 Å². The first-order valence-electron chi connectivity index (χ1n) is 6.49. The van der Waals surface area contributed by atoms with Crippen LogP contribution in [0.5, 0.6) is 5.75 Å². The van der Waals surface area contributed by atoms with Crippen molar-refractivity contribution < 1.29 is 4.74 Å². The Labute approximate surface area is 129 Å². The van der Waals surface area contributed by atoms with E-state index in [0.717, 1.165) is 17.0 Å². The van der Waals surface area contributed by atoms with Crippen LogP contribution in [0.2, 0.25) is 5.02 Å². The highest BCUT2D eigenvalue weighted by molar-refractivity contribution is 6.32. The average Bonchev–Trinajstić information content (AvgIpc) is 2.52. The standard InChI is InChI=1S/C17H15ClN2O/c1-2-9-21-17-6-4-3-5-14(17)12-20-15-8-7-13(11-19)16(18)10-15/h2-8,10,20H,1,9,12H2. The number of anilines is 1. The number of para-hydroxylation sites is 1. The first-order chi connectivity index (χ1) is 10.2. The van der Waals surface area contributed by atoms with Crippen molar-refractivity contribution in [1.82, 2.24) is 0 Å². The highest BCUT2D eigenvalue weighted by Crippen LogP contribution is 2.23. The molecule has 0 bridgehead atoms. The molecule has 0 spiro atoms. The fourth-order valence-corrected chi connectivity index (χ4v) is 2.08. The Balaban J connectivity index is 2.08. The van der Waals surface area contributed by atoms with Crippen molar-refractivity contribution in [2.75, 3.05) is 11.9 Å². The second-order valence-corrected chi connectivity index (χ2v) is 4.77. The topological polar surface area (TPSA) is 45.0 Å². The van der Waals surface area contributed by atoms with Crippen molar-refractivity contribution in [2.24, 2.45) is 0 Å². The van der Waals surface area contributed by atoms with Crippen LogP contribution in [0.3, 0.4) is 0 Å². The van der Waals surface area contributed by atoms with E-state index in [-0.39, 0.29) is 0 Å². The number of hydrogen-bond donors (Lipinski definition) is 1. The summed E-state index contributed by atoms with van der Waals surface area (Å²) in [6, 6.07) is 15.1. The summed E-state index contributed by atoms with van der Waals surface area (Å²) in [5, 5.41) is 12.6. The van der Waals surface area contributed by atoms with E-state index < -0.39 is 0 Å². The highest BCUT2D eigenvalue weighted by Gasteiger charge is 2.04. The molecule has 3 nitrogen and oxygen atoms in total. The largest absolute Gasteiger partial charge is 0.489 e. The second kappa shape index (κ2) is 7.37. The zero-order valence-corrected chi connectivity index (χ0v) is 12.2. The van der Waals surface area contributed by atoms with Crippen LogP contribution in [0, 0.1) is 11.3 Å². The smallest absolute Gasteiger partial charge is 0.124 e. The molecule has 4 heteroatoms. The van der Waals surface area contributed by atoms with E-state index in [2.05, 4.69) is 11.9 Å². The SMILES string of the molecule is C=CCOc1ccccc1CNc1ccc(C#N)c(Cl)c1. The fourth-order valence-electron chi connectivity index (χ4n) is 1.85. The lowest BCUT2D eigenvalue weighted by atomic mass is 10.2. The molecular weight excluding hydrogens is 284 g/mol. The summed E-state index contributed by atoms with van der Waals surface area (Å²) < 4.78 is 5.61. The normalized spacial score (nSPS) is 9.71. The summed E-state index contributed by atoms with van der Waals surface area (Å²) in [6.45, 7) is 4.72. The summed E-state index contributed by atoms with van der Waals surface area (Å²) in [4.78, 5) is 0. The van der Waals surface area contributed by atoms with Gasteiger partial charge in [0.05, 0.1) is 10.6 Å². The lowest BCUT2D eigenvalue weighted by Gasteiger charge is -2.12. The fraction of sp³-hybridized carbons (Fsp3) is 0.118. The number of hydrogen-bond acceptors (Lipinski definition) is 3. The van der Waals surface area contributed by atoms with Crippen LogP contribution in [0.25, 0.3) is 0 Å². The van der Waals surface area contributed by atoms with Crippen molar-refractivity contribution in [1.29, 1.82) is 5.26 Å². The van der Waals surface area contributed by atoms with Crippen LogP contribution < -0.4 is 10.1 Å². The number of nitrogens with zero attached hydrogens (tertiary/aromatic N) is 1. The van der Waals surface area contributed by atoms with Gasteiger partial charge in [-0.3, -0.25) is 0 Å². The molecule has 0 radical (unpaired) electrons. The van der Waals surface area contributed by atoms with Gasteiger partial charge in [0.1, 0.15) is 18.4 Å². The molecule has 0 heterocycles. The predicted octanol–water partition coefficient (Wildman–Crippen LogP) is 4.39. The minimum atomic E-state index is 0.443. The van der Waals surface area contributed by atoms with Crippen molar-refractivity contribution in [3.63, 3.8) is 0 Å². The number of halogens is 1. The molecule has 106 valence electrons. The molecule has 0 amide bonds. The minimum Gasteiger partial charge on any atom is -0.489 e. The van der Waals surface area contributed by atoms with Gasteiger partial charge in [-0.1, -0.05) is 42.5 Å². The van der Waals surface area contributed by atoms with Gasteiger partial charge in [0.2, 0.25) is 0 Å². The zero-order chi connectivity index (χ0) is 15.1. The van der Waals surface area contributed by atoms with E-state index in [1.165, 1.54) is 0 Å². The zero-order valence-electron chi connectivity index (χ0n) is 11.5. The quantitative estimate of drug-likeness (QED) is 0.805. The molecule has 2 aromatic carbocycles. The molecule has 2 rings (SSSR count). The number of benzene rings is 2. The predicted molar refractivity (Wildman–Crippen MR) is 85.6 cm³/mol. The molecule has 0 saturated heterocycles. The van der Waals surface area contributed by atoms with Crippen LogP contribution in [-0.4, -0.2) is 6.61 Å². The lowest BCUT2D eigenvalue weighted by molar-refractivity contribution is 0.359. The Hall–Kier alpha value is -2.44. The third-order valence-electron chi connectivity index (χ3n) is 2.90. The van der Waals surface area contributed by atoms with Gasteiger partial charge in [-0.25, -0.2) is 0 Å². The van der Waals surface area contributed by atoms with E-state index in [1.54, 1.807) is 18.2 Å². The number of rotatable bonds is 6. The third-order valence-corrected chi connectivity index (χ3v) is 3.21. The van der Waals surface area contributed by atoms with Crippen LogP contribution in [0.1, 0.15) is 11.1 Å². The number of nitrogens with one attached hydrogen (secondary N) is 1. The summed E-state index contributed by atoms with van der Waals surface area (Å²) in [5.41, 5.74) is 2.37. The summed E-state index contributed by atoms with van der Waals surface area (Å²) in [5.74, 6) is 0.824. The van der Waals surface area contributed by atoms with Crippen LogP contribution in [0.15, 0.2) is 55.1 Å². The Kier molecular flexibility index (Phi) is 5.25. The maximum atomic E-state index is 8.86. The van der Waals surface area contributed by atoms with Gasteiger partial charge in [0.25, 0.3) is 0 Å². The molecule has 21 heavy (non-hydrogen) atoms. The molecule has 0 unspecified atom stereocenters. The van der Waals surface area contributed by atoms with Gasteiger partial charge in [-0.05, 0) is 24.3 Å². The Morgan fingerprint density at radius 3 is 2.81 bits per heavy atom. The molecule has 0 fully saturated rings. The van der Waals surface area contributed by atoms with Crippen molar-refractivity contribution in [3.05, 3.63) is 71.3 Å². The molecule has 0 saturated carbocycles. The molecule has 0 aliphatic carbocycles. The Bertz CT molecular complexity index is 677. The molecule has 0 atom stereocenters. The minimum absolute atomic E-state index is 0.443. The first kappa shape index (κ1) is 15.0. The summed E-state index contributed by atoms with van der Waals surface area (Å²) in [7, 11) is 0. The van der Waals surface area contributed by atoms with Gasteiger partial charge in [0, 0.05) is 17.8 Å². The van der Waals surface area contributed by atoms with Crippen LogP contribution in [-0.2, 0) is 6.54 Å². The average molecular weight is 299 g/mol. The Morgan fingerprint density at radius 2 is 2.10 bits per heavy atom. The van der Waals surface area contributed by atoms with Gasteiger partial charge >= 0.3 is 0 Å². The van der Waals surface area contributed by atoms with Gasteiger partial charge in [-0.2, -0.15) is 5.26 Å². The molecular formula is C17H15ClN2O. The van der Waals surface area contributed by atoms with Gasteiger partial charge < -0.3 is 10.1 Å². The molecule has 2 aromatic rings. The first-order valence-corrected chi connectivity index (χ1v) is 6.87. The third kappa shape index (κ3) is 4.01. The molecule has 0 aliphatic heterocycles. The summed E-state index contributed by atoms with van der Waals surface area (Å²) >= 11 is 6.01. The van der Waals surface area contributed by atoms with Crippen LogP contribution in [0.4, 0.5) is 5.69 Å². The van der Waals surface area contributed by atoms with E-state index in [9.17, 15) is 0 Å². The van der Waals surface area contributed by atoms with Gasteiger partial charge in [0.15, 0.2) is 0 Å². The second-order valence-electron chi connectivity index (χ2n) is 4.37. The van der Waals surface area contributed by atoms with E-state index in [0.29, 0.717) is 23.7 Å². The number of ether oxygens (including phenoxy) is 1. The molecule has 1 N–H and O–H groups in total. The summed E-state index contributed by atoms with van der Waals surface area (Å²) in [6.07, 6.45) is 1.71.